The van der Waals surface area contributed by atoms with Gasteiger partial charge in [-0.05, 0) is 61.9 Å². The Morgan fingerprint density at radius 2 is 1.91 bits per heavy atom. The minimum atomic E-state index is -0.335. The molecule has 0 radical (unpaired) electrons. The number of amides is 1. The highest BCUT2D eigenvalue weighted by atomic mass is 35.5. The van der Waals surface area contributed by atoms with Crippen molar-refractivity contribution in [1.82, 2.24) is 19.6 Å². The smallest absolute Gasteiger partial charge is 0.274 e. The predicted molar refractivity (Wildman–Crippen MR) is 119 cm³/mol. The number of nitrogens with zero attached hydrogens (tertiary/aromatic N) is 4. The number of halogens is 2. The lowest BCUT2D eigenvalue weighted by Gasteiger charge is -2.11. The van der Waals surface area contributed by atoms with Crippen LogP contribution in [-0.2, 0) is 13.3 Å². The molecule has 1 amide bonds. The summed E-state index contributed by atoms with van der Waals surface area (Å²) in [6.45, 7) is 4.13. The number of aromatic nitrogens is 4. The van der Waals surface area contributed by atoms with Crippen LogP contribution in [0.2, 0.25) is 5.02 Å². The summed E-state index contributed by atoms with van der Waals surface area (Å²) in [5.41, 5.74) is 3.17. The summed E-state index contributed by atoms with van der Waals surface area (Å²) in [5, 5.41) is 12.2. The maximum Gasteiger partial charge on any atom is 0.274 e. The quantitative estimate of drug-likeness (QED) is 0.435. The van der Waals surface area contributed by atoms with E-state index in [4.69, 9.17) is 16.3 Å². The zero-order valence-corrected chi connectivity index (χ0v) is 18.3. The normalized spacial score (nSPS) is 10.9. The topological polar surface area (TPSA) is 74.0 Å². The molecule has 2 aromatic heterocycles. The predicted octanol–water partition coefficient (Wildman–Crippen LogP) is 4.83. The molecule has 164 valence electrons. The standard InChI is InChI=1S/C23H21ClFN5O2/c1-15-22(16(2)29(28-15)13-17-4-3-5-19(25)12-17)27-23(31)21-10-11-26-30(21)14-32-20-8-6-18(24)7-9-20/h3-12H,13-14H2,1-2H3,(H,27,31). The Morgan fingerprint density at radius 3 is 2.66 bits per heavy atom. The molecule has 4 aromatic rings. The van der Waals surface area contributed by atoms with E-state index in [1.807, 2.05) is 19.9 Å². The zero-order valence-electron chi connectivity index (χ0n) is 17.5. The van der Waals surface area contributed by atoms with Crippen LogP contribution >= 0.6 is 11.6 Å². The summed E-state index contributed by atoms with van der Waals surface area (Å²) in [7, 11) is 0. The largest absolute Gasteiger partial charge is 0.471 e. The molecular formula is C23H21ClFN5O2. The zero-order chi connectivity index (χ0) is 22.7. The number of nitrogens with one attached hydrogen (secondary N) is 1. The molecule has 32 heavy (non-hydrogen) atoms. The lowest BCUT2D eigenvalue weighted by molar-refractivity contribution is 0.100. The number of anilines is 1. The third kappa shape index (κ3) is 4.81. The summed E-state index contributed by atoms with van der Waals surface area (Å²) in [4.78, 5) is 12.9. The van der Waals surface area contributed by atoms with Gasteiger partial charge < -0.3 is 10.1 Å². The third-order valence-electron chi connectivity index (χ3n) is 4.96. The van der Waals surface area contributed by atoms with Gasteiger partial charge in [-0.3, -0.25) is 9.48 Å². The number of hydrogen-bond acceptors (Lipinski definition) is 4. The van der Waals surface area contributed by atoms with Crippen LogP contribution in [0.4, 0.5) is 10.1 Å². The molecule has 9 heteroatoms. The van der Waals surface area contributed by atoms with Gasteiger partial charge in [0.15, 0.2) is 6.73 Å². The van der Waals surface area contributed by atoms with Crippen molar-refractivity contribution in [2.45, 2.75) is 27.1 Å². The van der Waals surface area contributed by atoms with Crippen LogP contribution < -0.4 is 10.1 Å². The van der Waals surface area contributed by atoms with Gasteiger partial charge in [0.1, 0.15) is 17.3 Å². The first-order chi connectivity index (χ1) is 15.4. The Labute approximate surface area is 189 Å². The molecule has 7 nitrogen and oxygen atoms in total. The average Bonchev–Trinajstić information content (AvgIpc) is 3.34. The van der Waals surface area contributed by atoms with Gasteiger partial charge in [-0.25, -0.2) is 9.07 Å². The van der Waals surface area contributed by atoms with Crippen LogP contribution in [0.1, 0.15) is 27.4 Å². The number of rotatable bonds is 7. The highest BCUT2D eigenvalue weighted by Gasteiger charge is 2.18. The minimum absolute atomic E-state index is 0.0637. The molecule has 0 aliphatic heterocycles. The molecule has 0 spiro atoms. The van der Waals surface area contributed by atoms with E-state index >= 15 is 0 Å². The Morgan fingerprint density at radius 1 is 1.12 bits per heavy atom. The minimum Gasteiger partial charge on any atom is -0.471 e. The van der Waals surface area contributed by atoms with Crippen molar-refractivity contribution in [3.05, 3.63) is 94.3 Å². The van der Waals surface area contributed by atoms with Crippen molar-refractivity contribution in [3.8, 4) is 5.75 Å². The van der Waals surface area contributed by atoms with Crippen molar-refractivity contribution >= 4 is 23.2 Å². The highest BCUT2D eigenvalue weighted by Crippen LogP contribution is 2.22. The second-order valence-electron chi connectivity index (χ2n) is 7.23. The SMILES string of the molecule is Cc1nn(Cc2cccc(F)c2)c(C)c1NC(=O)c1ccnn1COc1ccc(Cl)cc1. The van der Waals surface area contributed by atoms with E-state index in [2.05, 4.69) is 15.5 Å². The fraction of sp³-hybridized carbons (Fsp3) is 0.174. The lowest BCUT2D eigenvalue weighted by atomic mass is 10.2. The molecule has 1 N–H and O–H groups in total. The molecule has 0 atom stereocenters. The Kier molecular flexibility index (Phi) is 6.23. The van der Waals surface area contributed by atoms with E-state index in [9.17, 15) is 9.18 Å². The van der Waals surface area contributed by atoms with E-state index < -0.39 is 0 Å². The summed E-state index contributed by atoms with van der Waals surface area (Å²) >= 11 is 5.89. The van der Waals surface area contributed by atoms with Crippen molar-refractivity contribution < 1.29 is 13.9 Å². The van der Waals surface area contributed by atoms with Crippen LogP contribution in [0.3, 0.4) is 0 Å². The number of ether oxygens (including phenoxy) is 1. The monoisotopic (exact) mass is 453 g/mol. The van der Waals surface area contributed by atoms with Crippen LogP contribution in [0.15, 0.2) is 60.8 Å². The first-order valence-corrected chi connectivity index (χ1v) is 10.3. The second-order valence-corrected chi connectivity index (χ2v) is 7.67. The molecule has 0 saturated heterocycles. The van der Waals surface area contributed by atoms with E-state index in [0.29, 0.717) is 34.4 Å². The molecule has 4 rings (SSSR count). The molecule has 0 saturated carbocycles. The van der Waals surface area contributed by atoms with Gasteiger partial charge in [-0.1, -0.05) is 23.7 Å². The Hall–Kier alpha value is -3.65. The van der Waals surface area contributed by atoms with E-state index in [1.54, 1.807) is 41.1 Å². The summed E-state index contributed by atoms with van der Waals surface area (Å²) in [6, 6.07) is 14.9. The van der Waals surface area contributed by atoms with Gasteiger partial charge in [-0.2, -0.15) is 10.2 Å². The number of carbonyl (C=O) groups excluding carboxylic acids is 1. The highest BCUT2D eigenvalue weighted by molar-refractivity contribution is 6.30. The van der Waals surface area contributed by atoms with Gasteiger partial charge in [-0.15, -0.1) is 0 Å². The first-order valence-electron chi connectivity index (χ1n) is 9.90. The van der Waals surface area contributed by atoms with Crippen molar-refractivity contribution in [1.29, 1.82) is 0 Å². The molecule has 2 aromatic carbocycles. The summed E-state index contributed by atoms with van der Waals surface area (Å²) in [6.07, 6.45) is 1.53. The summed E-state index contributed by atoms with van der Waals surface area (Å²) in [5.74, 6) is -0.0214. The van der Waals surface area contributed by atoms with Crippen molar-refractivity contribution in [2.75, 3.05) is 5.32 Å². The maximum absolute atomic E-state index is 13.5. The molecule has 2 heterocycles. The van der Waals surface area contributed by atoms with Crippen molar-refractivity contribution in [2.24, 2.45) is 0 Å². The summed E-state index contributed by atoms with van der Waals surface area (Å²) < 4.78 is 22.4. The van der Waals surface area contributed by atoms with Gasteiger partial charge in [0.25, 0.3) is 5.91 Å². The molecule has 0 aliphatic rings. The van der Waals surface area contributed by atoms with E-state index in [-0.39, 0.29) is 18.5 Å². The molecule has 0 aliphatic carbocycles. The molecule has 0 fully saturated rings. The number of aryl methyl sites for hydroxylation is 1. The van der Waals surface area contributed by atoms with E-state index in [1.165, 1.54) is 23.0 Å². The van der Waals surface area contributed by atoms with Crippen LogP contribution in [0.5, 0.6) is 5.75 Å². The number of hydrogen-bond donors (Lipinski definition) is 1. The van der Waals surface area contributed by atoms with Crippen LogP contribution in [0, 0.1) is 19.7 Å². The van der Waals surface area contributed by atoms with Crippen LogP contribution in [0.25, 0.3) is 0 Å². The maximum atomic E-state index is 13.5. The molecule has 0 unspecified atom stereocenters. The third-order valence-corrected chi connectivity index (χ3v) is 5.21. The number of benzene rings is 2. The Bertz CT molecular complexity index is 1250. The fourth-order valence-electron chi connectivity index (χ4n) is 3.31. The average molecular weight is 454 g/mol. The van der Waals surface area contributed by atoms with Gasteiger partial charge >= 0.3 is 0 Å². The lowest BCUT2D eigenvalue weighted by Crippen LogP contribution is -2.20. The van der Waals surface area contributed by atoms with Gasteiger partial charge in [0.05, 0.1) is 23.6 Å². The van der Waals surface area contributed by atoms with Gasteiger partial charge in [0.2, 0.25) is 0 Å². The molecular weight excluding hydrogens is 433 g/mol. The van der Waals surface area contributed by atoms with Gasteiger partial charge in [0, 0.05) is 11.2 Å². The number of carbonyl (C=O) groups is 1. The van der Waals surface area contributed by atoms with Crippen molar-refractivity contribution in [3.63, 3.8) is 0 Å². The second kappa shape index (κ2) is 9.23. The van der Waals surface area contributed by atoms with E-state index in [0.717, 1.165) is 11.3 Å². The first kappa shape index (κ1) is 21.6. The fourth-order valence-corrected chi connectivity index (χ4v) is 3.44. The molecule has 0 bridgehead atoms. The van der Waals surface area contributed by atoms with Crippen LogP contribution in [-0.4, -0.2) is 25.5 Å². The Balaban J connectivity index is 1.47.